The van der Waals surface area contributed by atoms with E-state index in [2.05, 4.69) is 51.7 Å². The van der Waals surface area contributed by atoms with Crippen LogP contribution < -0.4 is 15.4 Å². The van der Waals surface area contributed by atoms with E-state index in [9.17, 15) is 9.59 Å². The first-order valence-corrected chi connectivity index (χ1v) is 15.0. The van der Waals surface area contributed by atoms with E-state index in [1.807, 2.05) is 74.6 Å². The molecular weight excluding hydrogens is 538 g/mol. The summed E-state index contributed by atoms with van der Waals surface area (Å²) >= 11 is 0. The first kappa shape index (κ1) is 30.2. The quantitative estimate of drug-likeness (QED) is 0.218. The van der Waals surface area contributed by atoms with Gasteiger partial charge in [0.05, 0.1) is 12.8 Å². The molecule has 0 radical (unpaired) electrons. The number of aryl methyl sites for hydroxylation is 1. The molecule has 1 aliphatic rings. The van der Waals surface area contributed by atoms with Crippen molar-refractivity contribution < 1.29 is 14.3 Å². The third-order valence-electron chi connectivity index (χ3n) is 8.60. The van der Waals surface area contributed by atoms with Crippen molar-refractivity contribution in [2.24, 2.45) is 0 Å². The second-order valence-electron chi connectivity index (χ2n) is 11.9. The predicted molar refractivity (Wildman–Crippen MR) is 173 cm³/mol. The van der Waals surface area contributed by atoms with Gasteiger partial charge in [-0.25, -0.2) is 4.79 Å². The van der Waals surface area contributed by atoms with E-state index in [0.29, 0.717) is 30.4 Å². The number of aromatic nitrogens is 1. The summed E-state index contributed by atoms with van der Waals surface area (Å²) in [6.45, 7) is 6.14. The Labute approximate surface area is 254 Å². The van der Waals surface area contributed by atoms with Crippen molar-refractivity contribution in [1.29, 1.82) is 0 Å². The molecule has 1 saturated heterocycles. The number of amides is 3. The third kappa shape index (κ3) is 6.86. The summed E-state index contributed by atoms with van der Waals surface area (Å²) in [7, 11) is 5.59. The molecule has 0 saturated carbocycles. The number of aromatic amines is 1. The summed E-state index contributed by atoms with van der Waals surface area (Å²) in [6, 6.07) is 21.3. The zero-order valence-corrected chi connectivity index (χ0v) is 25.8. The number of benzene rings is 3. The van der Waals surface area contributed by atoms with E-state index in [1.165, 1.54) is 11.1 Å². The Morgan fingerprint density at radius 2 is 1.77 bits per heavy atom. The average Bonchev–Trinajstić information content (AvgIpc) is 3.44. The fourth-order valence-corrected chi connectivity index (χ4v) is 6.26. The Morgan fingerprint density at radius 1 is 1.05 bits per heavy atom. The van der Waals surface area contributed by atoms with Crippen LogP contribution in [0.25, 0.3) is 10.9 Å². The molecule has 0 bridgehead atoms. The molecule has 3 amide bonds. The van der Waals surface area contributed by atoms with Gasteiger partial charge in [-0.15, -0.1) is 0 Å². The van der Waals surface area contributed by atoms with Crippen molar-refractivity contribution in [3.8, 4) is 5.75 Å². The lowest BCUT2D eigenvalue weighted by Gasteiger charge is -2.34. The van der Waals surface area contributed by atoms with Gasteiger partial charge in [0.25, 0.3) is 0 Å². The SMILES string of the molecule is COc1ccc(CN(C)C)cc1NC(=O)C(NC(=O)N1CCC(c2ccccc2C)CC1)C(C)c1c[nH]c2ccccc12. The molecule has 226 valence electrons. The summed E-state index contributed by atoms with van der Waals surface area (Å²) in [4.78, 5) is 35.0. The van der Waals surface area contributed by atoms with Crippen LogP contribution in [0.5, 0.6) is 5.75 Å². The molecular formula is C35H43N5O3. The van der Waals surface area contributed by atoms with Gasteiger partial charge in [0.15, 0.2) is 0 Å². The number of para-hydroxylation sites is 1. The molecule has 3 aromatic carbocycles. The minimum atomic E-state index is -0.817. The van der Waals surface area contributed by atoms with Crippen LogP contribution >= 0.6 is 0 Å². The topological polar surface area (TPSA) is 89.7 Å². The summed E-state index contributed by atoms with van der Waals surface area (Å²) < 4.78 is 5.58. The van der Waals surface area contributed by atoms with E-state index < -0.39 is 6.04 Å². The number of anilines is 1. The number of piperidine rings is 1. The Balaban J connectivity index is 1.37. The minimum Gasteiger partial charge on any atom is -0.495 e. The molecule has 3 N–H and O–H groups in total. The van der Waals surface area contributed by atoms with Gasteiger partial charge < -0.3 is 30.2 Å². The number of nitrogens with one attached hydrogen (secondary N) is 3. The number of hydrogen-bond donors (Lipinski definition) is 3. The van der Waals surface area contributed by atoms with Gasteiger partial charge in [-0.05, 0) is 80.2 Å². The maximum Gasteiger partial charge on any atom is 0.318 e. The summed E-state index contributed by atoms with van der Waals surface area (Å²) in [5.74, 6) is 0.400. The second-order valence-corrected chi connectivity index (χ2v) is 11.9. The van der Waals surface area contributed by atoms with Crippen LogP contribution in [0.4, 0.5) is 10.5 Å². The number of carbonyl (C=O) groups excluding carboxylic acids is 2. The van der Waals surface area contributed by atoms with Crippen LogP contribution in [-0.2, 0) is 11.3 Å². The van der Waals surface area contributed by atoms with Crippen LogP contribution in [0, 0.1) is 6.92 Å². The number of likely N-dealkylation sites (tertiary alicyclic amines) is 1. The lowest BCUT2D eigenvalue weighted by molar-refractivity contribution is -0.118. The Hall–Kier alpha value is -4.30. The number of rotatable bonds is 9. The van der Waals surface area contributed by atoms with Crippen molar-refractivity contribution in [2.75, 3.05) is 39.6 Å². The summed E-state index contributed by atoms with van der Waals surface area (Å²) in [5.41, 5.74) is 6.24. The molecule has 2 atom stereocenters. The van der Waals surface area contributed by atoms with Gasteiger partial charge in [0.2, 0.25) is 5.91 Å². The smallest absolute Gasteiger partial charge is 0.318 e. The Bertz CT molecular complexity index is 1570. The van der Waals surface area contributed by atoms with Crippen molar-refractivity contribution in [2.45, 2.75) is 51.1 Å². The molecule has 2 heterocycles. The number of urea groups is 1. The first-order valence-electron chi connectivity index (χ1n) is 15.0. The lowest BCUT2D eigenvalue weighted by atomic mass is 9.87. The highest BCUT2D eigenvalue weighted by Gasteiger charge is 2.33. The van der Waals surface area contributed by atoms with Crippen LogP contribution in [0.2, 0.25) is 0 Å². The number of ether oxygens (including phenoxy) is 1. The molecule has 0 aliphatic carbocycles. The van der Waals surface area contributed by atoms with Crippen LogP contribution in [-0.4, -0.2) is 67.1 Å². The molecule has 43 heavy (non-hydrogen) atoms. The van der Waals surface area contributed by atoms with Crippen LogP contribution in [0.15, 0.2) is 72.9 Å². The Morgan fingerprint density at radius 3 is 2.49 bits per heavy atom. The maximum absolute atomic E-state index is 14.1. The standard InChI is InChI=1S/C35H43N5O3/c1-23-10-6-7-11-27(23)26-16-18-40(19-17-26)35(42)38-33(24(2)29-21-36-30-13-9-8-12-28(29)30)34(41)37-31-20-25(22-39(3)4)14-15-32(31)43-5/h6-15,20-21,24,26,33,36H,16-19,22H2,1-5H3,(H,37,41)(H,38,42). The zero-order chi connectivity index (χ0) is 30.5. The number of fused-ring (bicyclic) bond motifs is 1. The van der Waals surface area contributed by atoms with Gasteiger partial charge in [-0.3, -0.25) is 4.79 Å². The average molecular weight is 582 g/mol. The Kier molecular flexibility index (Phi) is 9.36. The maximum atomic E-state index is 14.1. The molecule has 4 aromatic rings. The van der Waals surface area contributed by atoms with E-state index in [-0.39, 0.29) is 17.9 Å². The molecule has 2 unspecified atom stereocenters. The van der Waals surface area contributed by atoms with Crippen molar-refractivity contribution in [3.05, 3.63) is 95.2 Å². The number of carbonyl (C=O) groups is 2. The van der Waals surface area contributed by atoms with Crippen molar-refractivity contribution >= 4 is 28.5 Å². The summed E-state index contributed by atoms with van der Waals surface area (Å²) in [6.07, 6.45) is 3.72. The first-order chi connectivity index (χ1) is 20.7. The fourth-order valence-electron chi connectivity index (χ4n) is 6.26. The number of H-pyrrole nitrogens is 1. The fraction of sp³-hybridized carbons (Fsp3) is 0.371. The highest BCUT2D eigenvalue weighted by atomic mass is 16.5. The highest BCUT2D eigenvalue weighted by Crippen LogP contribution is 2.32. The normalized spacial score (nSPS) is 15.3. The van der Waals surface area contributed by atoms with Crippen LogP contribution in [0.3, 0.4) is 0 Å². The van der Waals surface area contributed by atoms with Crippen molar-refractivity contribution in [3.63, 3.8) is 0 Å². The molecule has 1 aliphatic heterocycles. The van der Waals surface area contributed by atoms with Gasteiger partial charge >= 0.3 is 6.03 Å². The molecule has 8 nitrogen and oxygen atoms in total. The van der Waals surface area contributed by atoms with E-state index in [4.69, 9.17) is 4.74 Å². The van der Waals surface area contributed by atoms with Gasteiger partial charge in [-0.1, -0.05) is 55.5 Å². The third-order valence-corrected chi connectivity index (χ3v) is 8.60. The van der Waals surface area contributed by atoms with E-state index >= 15 is 0 Å². The minimum absolute atomic E-state index is 0.219. The molecule has 8 heteroatoms. The van der Waals surface area contributed by atoms with Gasteiger partial charge in [-0.2, -0.15) is 0 Å². The number of methoxy groups -OCH3 is 1. The van der Waals surface area contributed by atoms with Gasteiger partial charge in [0, 0.05) is 42.7 Å². The van der Waals surface area contributed by atoms with Crippen molar-refractivity contribution in [1.82, 2.24) is 20.1 Å². The predicted octanol–water partition coefficient (Wildman–Crippen LogP) is 6.25. The molecule has 5 rings (SSSR count). The van der Waals surface area contributed by atoms with E-state index in [1.54, 1.807) is 7.11 Å². The number of nitrogens with zero attached hydrogens (tertiary/aromatic N) is 2. The molecule has 1 fully saturated rings. The zero-order valence-electron chi connectivity index (χ0n) is 25.8. The highest BCUT2D eigenvalue weighted by molar-refractivity contribution is 5.99. The second kappa shape index (κ2) is 13.3. The van der Waals surface area contributed by atoms with Gasteiger partial charge in [0.1, 0.15) is 11.8 Å². The van der Waals surface area contributed by atoms with Crippen LogP contribution in [0.1, 0.15) is 53.9 Å². The number of hydrogen-bond acceptors (Lipinski definition) is 4. The van der Waals surface area contributed by atoms with E-state index in [0.717, 1.165) is 41.4 Å². The monoisotopic (exact) mass is 581 g/mol. The summed E-state index contributed by atoms with van der Waals surface area (Å²) in [5, 5.41) is 7.24. The molecule has 0 spiro atoms. The molecule has 1 aromatic heterocycles. The largest absolute Gasteiger partial charge is 0.495 e. The lowest BCUT2D eigenvalue weighted by Crippen LogP contribution is -2.53.